The molecule has 1 rings (SSSR count). The molecule has 1 aromatic carbocycles. The lowest BCUT2D eigenvalue weighted by molar-refractivity contribution is -0.138. The van der Waals surface area contributed by atoms with E-state index in [0.717, 1.165) is 11.1 Å². The largest absolute Gasteiger partial charge is 0.480 e. The smallest absolute Gasteiger partial charge is 0.317 e. The highest BCUT2D eigenvalue weighted by Gasteiger charge is 2.15. The number of primary amides is 1. The molecule has 5 heteroatoms. The van der Waals surface area contributed by atoms with Crippen LogP contribution in [0.5, 0.6) is 0 Å². The van der Waals surface area contributed by atoms with E-state index in [1.165, 1.54) is 0 Å². The first kappa shape index (κ1) is 15.2. The van der Waals surface area contributed by atoms with Crippen LogP contribution in [0.25, 0.3) is 0 Å². The molecule has 0 aliphatic carbocycles. The number of nitrogens with zero attached hydrogens (tertiary/aromatic N) is 1. The predicted octanol–water partition coefficient (Wildman–Crippen LogP) is 1.39. The average Bonchev–Trinajstić information content (AvgIpc) is 2.29. The number of hydrogen-bond acceptors (Lipinski definition) is 3. The van der Waals surface area contributed by atoms with Gasteiger partial charge in [0.2, 0.25) is 5.91 Å². The van der Waals surface area contributed by atoms with Gasteiger partial charge >= 0.3 is 5.97 Å². The molecule has 104 valence electrons. The van der Waals surface area contributed by atoms with Crippen molar-refractivity contribution in [1.29, 1.82) is 0 Å². The molecule has 1 amide bonds. The summed E-state index contributed by atoms with van der Waals surface area (Å²) in [5.74, 6) is -1.30. The summed E-state index contributed by atoms with van der Waals surface area (Å²) in [6.07, 6.45) is 0. The van der Waals surface area contributed by atoms with E-state index in [1.54, 1.807) is 12.1 Å². The maximum absolute atomic E-state index is 11.1. The second-order valence-corrected chi connectivity index (χ2v) is 4.90. The van der Waals surface area contributed by atoms with E-state index < -0.39 is 11.9 Å². The van der Waals surface area contributed by atoms with Gasteiger partial charge in [0, 0.05) is 18.2 Å². The minimum Gasteiger partial charge on any atom is -0.480 e. The van der Waals surface area contributed by atoms with Crippen molar-refractivity contribution in [2.45, 2.75) is 33.4 Å². The lowest BCUT2D eigenvalue weighted by Crippen LogP contribution is -2.35. The minimum atomic E-state index is -0.847. The van der Waals surface area contributed by atoms with Gasteiger partial charge in [-0.05, 0) is 44.0 Å². The molecule has 0 aliphatic heterocycles. The summed E-state index contributed by atoms with van der Waals surface area (Å²) in [6.45, 7) is 6.33. The van der Waals surface area contributed by atoms with Crippen LogP contribution < -0.4 is 5.73 Å². The quantitative estimate of drug-likeness (QED) is 0.813. The van der Waals surface area contributed by atoms with Crippen molar-refractivity contribution in [2.75, 3.05) is 6.54 Å². The Morgan fingerprint density at radius 3 is 2.42 bits per heavy atom. The monoisotopic (exact) mass is 264 g/mol. The Morgan fingerprint density at radius 2 is 2.00 bits per heavy atom. The van der Waals surface area contributed by atoms with Crippen LogP contribution in [0.15, 0.2) is 18.2 Å². The van der Waals surface area contributed by atoms with Crippen molar-refractivity contribution < 1.29 is 14.7 Å². The molecule has 0 atom stereocenters. The molecule has 0 aromatic heterocycles. The van der Waals surface area contributed by atoms with Crippen molar-refractivity contribution in [3.05, 3.63) is 34.9 Å². The molecule has 19 heavy (non-hydrogen) atoms. The molecular formula is C14H20N2O3. The Kier molecular flexibility index (Phi) is 5.06. The summed E-state index contributed by atoms with van der Waals surface area (Å²) < 4.78 is 0. The molecule has 0 radical (unpaired) electrons. The highest BCUT2D eigenvalue weighted by molar-refractivity contribution is 5.93. The first-order valence-electron chi connectivity index (χ1n) is 6.16. The molecule has 0 unspecified atom stereocenters. The number of aryl methyl sites for hydroxylation is 1. The number of carboxylic acid groups (broad SMARTS) is 1. The fourth-order valence-corrected chi connectivity index (χ4v) is 1.84. The summed E-state index contributed by atoms with van der Waals surface area (Å²) in [4.78, 5) is 23.8. The topological polar surface area (TPSA) is 83.6 Å². The van der Waals surface area contributed by atoms with E-state index >= 15 is 0 Å². The third kappa shape index (κ3) is 4.37. The third-order valence-corrected chi connectivity index (χ3v) is 3.07. The van der Waals surface area contributed by atoms with E-state index in [-0.39, 0.29) is 12.6 Å². The van der Waals surface area contributed by atoms with Crippen molar-refractivity contribution in [3.63, 3.8) is 0 Å². The SMILES string of the molecule is Cc1cc(C(N)=O)ccc1CN(CC(=O)O)C(C)C. The Morgan fingerprint density at radius 1 is 1.37 bits per heavy atom. The number of benzene rings is 1. The van der Waals surface area contributed by atoms with E-state index in [2.05, 4.69) is 0 Å². The first-order valence-corrected chi connectivity index (χ1v) is 6.16. The molecule has 0 fully saturated rings. The molecule has 5 nitrogen and oxygen atoms in total. The van der Waals surface area contributed by atoms with Crippen LogP contribution in [0.4, 0.5) is 0 Å². The summed E-state index contributed by atoms with van der Waals surface area (Å²) in [5, 5.41) is 8.89. The van der Waals surface area contributed by atoms with E-state index in [1.807, 2.05) is 31.7 Å². The molecular weight excluding hydrogens is 244 g/mol. The highest BCUT2D eigenvalue weighted by atomic mass is 16.4. The molecule has 1 aromatic rings. The van der Waals surface area contributed by atoms with Crippen LogP contribution in [0.1, 0.15) is 35.3 Å². The van der Waals surface area contributed by atoms with Crippen LogP contribution in [0, 0.1) is 6.92 Å². The lowest BCUT2D eigenvalue weighted by atomic mass is 10.0. The first-order chi connectivity index (χ1) is 8.81. The summed E-state index contributed by atoms with van der Waals surface area (Å²) in [7, 11) is 0. The maximum atomic E-state index is 11.1. The molecule has 3 N–H and O–H groups in total. The fourth-order valence-electron chi connectivity index (χ4n) is 1.84. The average molecular weight is 264 g/mol. The zero-order valence-electron chi connectivity index (χ0n) is 11.5. The number of aliphatic carboxylic acids is 1. The van der Waals surface area contributed by atoms with Gasteiger partial charge in [0.05, 0.1) is 6.54 Å². The number of carboxylic acids is 1. The Hall–Kier alpha value is -1.88. The van der Waals surface area contributed by atoms with Crippen molar-refractivity contribution in [2.24, 2.45) is 5.73 Å². The number of rotatable bonds is 6. The van der Waals surface area contributed by atoms with Gasteiger partial charge < -0.3 is 10.8 Å². The number of carbonyl (C=O) groups excluding carboxylic acids is 1. The van der Waals surface area contributed by atoms with Crippen LogP contribution in [0.3, 0.4) is 0 Å². The molecule has 0 bridgehead atoms. The molecule has 0 heterocycles. The maximum Gasteiger partial charge on any atom is 0.317 e. The van der Waals surface area contributed by atoms with Gasteiger partial charge in [0.15, 0.2) is 0 Å². The number of carbonyl (C=O) groups is 2. The summed E-state index contributed by atoms with van der Waals surface area (Å²) in [6, 6.07) is 5.36. The molecule has 0 spiro atoms. The number of hydrogen-bond donors (Lipinski definition) is 2. The Labute approximate surface area is 113 Å². The third-order valence-electron chi connectivity index (χ3n) is 3.07. The van der Waals surface area contributed by atoms with Gasteiger partial charge in [0.25, 0.3) is 0 Å². The molecule has 0 aliphatic rings. The van der Waals surface area contributed by atoms with Crippen molar-refractivity contribution >= 4 is 11.9 Å². The van der Waals surface area contributed by atoms with Gasteiger partial charge in [-0.2, -0.15) is 0 Å². The van der Waals surface area contributed by atoms with Crippen LogP contribution >= 0.6 is 0 Å². The van der Waals surface area contributed by atoms with Crippen molar-refractivity contribution in [3.8, 4) is 0 Å². The van der Waals surface area contributed by atoms with Gasteiger partial charge in [-0.15, -0.1) is 0 Å². The number of nitrogens with two attached hydrogens (primary N) is 1. The van der Waals surface area contributed by atoms with Gasteiger partial charge in [-0.25, -0.2) is 0 Å². The van der Waals surface area contributed by atoms with Gasteiger partial charge in [-0.3, -0.25) is 14.5 Å². The lowest BCUT2D eigenvalue weighted by Gasteiger charge is -2.25. The highest BCUT2D eigenvalue weighted by Crippen LogP contribution is 2.15. The van der Waals surface area contributed by atoms with Gasteiger partial charge in [-0.1, -0.05) is 6.07 Å². The van der Waals surface area contributed by atoms with Crippen LogP contribution in [0.2, 0.25) is 0 Å². The Bertz CT molecular complexity index is 484. The number of amides is 1. The van der Waals surface area contributed by atoms with Crippen LogP contribution in [-0.4, -0.2) is 34.5 Å². The van der Waals surface area contributed by atoms with Crippen molar-refractivity contribution in [1.82, 2.24) is 4.90 Å². The normalized spacial score (nSPS) is 11.0. The molecule has 0 saturated heterocycles. The fraction of sp³-hybridized carbons (Fsp3) is 0.429. The summed E-state index contributed by atoms with van der Waals surface area (Å²) >= 11 is 0. The van der Waals surface area contributed by atoms with Gasteiger partial charge in [0.1, 0.15) is 0 Å². The second kappa shape index (κ2) is 6.33. The van der Waals surface area contributed by atoms with E-state index in [4.69, 9.17) is 10.8 Å². The predicted molar refractivity (Wildman–Crippen MR) is 72.9 cm³/mol. The second-order valence-electron chi connectivity index (χ2n) is 4.90. The van der Waals surface area contributed by atoms with E-state index in [0.29, 0.717) is 12.1 Å². The standard InChI is InChI=1S/C14H20N2O3/c1-9(2)16(8-13(17)18)7-12-5-4-11(14(15)19)6-10(12)3/h4-6,9H,7-8H2,1-3H3,(H2,15,19)(H,17,18). The van der Waals surface area contributed by atoms with E-state index in [9.17, 15) is 9.59 Å². The zero-order chi connectivity index (χ0) is 14.6. The Balaban J connectivity index is 2.91. The zero-order valence-corrected chi connectivity index (χ0v) is 11.5. The molecule has 0 saturated carbocycles. The van der Waals surface area contributed by atoms with Crippen LogP contribution in [-0.2, 0) is 11.3 Å². The minimum absolute atomic E-state index is 0.00528. The summed E-state index contributed by atoms with van der Waals surface area (Å²) in [5.41, 5.74) is 7.63.